The van der Waals surface area contributed by atoms with Crippen molar-refractivity contribution >= 4 is 5.91 Å². The van der Waals surface area contributed by atoms with Gasteiger partial charge in [0.05, 0.1) is 6.54 Å². The molecule has 0 atom stereocenters. The minimum absolute atomic E-state index is 0.0555. The van der Waals surface area contributed by atoms with Crippen LogP contribution in [0.3, 0.4) is 0 Å². The first-order chi connectivity index (χ1) is 7.91. The fourth-order valence-corrected chi connectivity index (χ4v) is 1.29. The number of allylic oxidation sites excluding steroid dienone is 1. The van der Waals surface area contributed by atoms with Crippen LogP contribution in [0.4, 0.5) is 8.78 Å². The molecule has 1 amide bonds. The second-order valence-corrected chi connectivity index (χ2v) is 3.94. The predicted octanol–water partition coefficient (Wildman–Crippen LogP) is 2.20. The molecule has 0 aliphatic heterocycles. The van der Waals surface area contributed by atoms with Crippen molar-refractivity contribution in [3.63, 3.8) is 0 Å². The maximum atomic E-state index is 12.5. The van der Waals surface area contributed by atoms with Crippen LogP contribution in [0, 0.1) is 0 Å². The van der Waals surface area contributed by atoms with Gasteiger partial charge in [-0.1, -0.05) is 5.57 Å². The van der Waals surface area contributed by atoms with Crippen molar-refractivity contribution in [2.24, 2.45) is 0 Å². The average molecular weight is 243 g/mol. The molecule has 4 nitrogen and oxygen atoms in total. The summed E-state index contributed by atoms with van der Waals surface area (Å²) in [5.74, 6) is -0.0631. The molecule has 17 heavy (non-hydrogen) atoms. The Balaban J connectivity index is 2.74. The number of halogens is 2. The maximum absolute atomic E-state index is 12.5. The number of rotatable bonds is 4. The summed E-state index contributed by atoms with van der Waals surface area (Å²) in [5, 5.41) is 0. The Morgan fingerprint density at radius 1 is 1.59 bits per heavy atom. The molecule has 1 heterocycles. The molecule has 1 aromatic rings. The molecule has 0 aliphatic carbocycles. The van der Waals surface area contributed by atoms with E-state index in [9.17, 15) is 13.6 Å². The number of amides is 1. The van der Waals surface area contributed by atoms with Gasteiger partial charge in [-0.3, -0.25) is 9.36 Å². The summed E-state index contributed by atoms with van der Waals surface area (Å²) in [4.78, 5) is 16.7. The zero-order valence-electron chi connectivity index (χ0n) is 10.0. The zero-order valence-corrected chi connectivity index (χ0v) is 10.0. The number of imidazole rings is 1. The van der Waals surface area contributed by atoms with Gasteiger partial charge in [-0.25, -0.2) is 4.98 Å². The van der Waals surface area contributed by atoms with Gasteiger partial charge in [-0.2, -0.15) is 8.78 Å². The molecule has 0 saturated heterocycles. The van der Waals surface area contributed by atoms with Crippen molar-refractivity contribution in [3.05, 3.63) is 29.9 Å². The molecule has 0 saturated carbocycles. The molecule has 0 aliphatic rings. The standard InChI is InChI=1S/C11H15F2N3O/c1-8(2)6-10(17)15(3)7-9-14-4-5-16(9)11(12)13/h4-6,11H,7H2,1-3H3. The molecule has 0 radical (unpaired) electrons. The first-order valence-corrected chi connectivity index (χ1v) is 5.11. The highest BCUT2D eigenvalue weighted by atomic mass is 19.3. The third-order valence-electron chi connectivity index (χ3n) is 2.13. The summed E-state index contributed by atoms with van der Waals surface area (Å²) in [5.41, 5.74) is 0.860. The third-order valence-corrected chi connectivity index (χ3v) is 2.13. The number of aromatic nitrogens is 2. The molecule has 0 aromatic carbocycles. The van der Waals surface area contributed by atoms with Crippen molar-refractivity contribution in [1.29, 1.82) is 0 Å². The number of nitrogens with zero attached hydrogens (tertiary/aromatic N) is 3. The average Bonchev–Trinajstić information content (AvgIpc) is 2.64. The Morgan fingerprint density at radius 3 is 2.76 bits per heavy atom. The van der Waals surface area contributed by atoms with Crippen molar-refractivity contribution < 1.29 is 13.6 Å². The lowest BCUT2D eigenvalue weighted by Gasteiger charge is -2.16. The first kappa shape index (κ1) is 13.3. The number of carbonyl (C=O) groups excluding carboxylic acids is 1. The van der Waals surface area contributed by atoms with E-state index in [0.717, 1.165) is 10.1 Å². The van der Waals surface area contributed by atoms with Crippen molar-refractivity contribution in [2.75, 3.05) is 7.05 Å². The summed E-state index contributed by atoms with van der Waals surface area (Å²) in [6.45, 7) is 1.01. The molecular weight excluding hydrogens is 228 g/mol. The lowest BCUT2D eigenvalue weighted by Crippen LogP contribution is -2.26. The lowest BCUT2D eigenvalue weighted by molar-refractivity contribution is -0.125. The molecule has 1 rings (SSSR count). The largest absolute Gasteiger partial charge is 0.335 e. The van der Waals surface area contributed by atoms with Crippen LogP contribution < -0.4 is 0 Å². The highest BCUT2D eigenvalue weighted by molar-refractivity contribution is 5.87. The van der Waals surface area contributed by atoms with Gasteiger partial charge in [0.15, 0.2) is 0 Å². The third kappa shape index (κ3) is 3.65. The van der Waals surface area contributed by atoms with E-state index in [1.165, 1.54) is 23.4 Å². The summed E-state index contributed by atoms with van der Waals surface area (Å²) < 4.78 is 25.8. The minimum atomic E-state index is -2.64. The lowest BCUT2D eigenvalue weighted by atomic mass is 10.3. The predicted molar refractivity (Wildman–Crippen MR) is 59.4 cm³/mol. The minimum Gasteiger partial charge on any atom is -0.335 e. The van der Waals surface area contributed by atoms with E-state index in [2.05, 4.69) is 4.98 Å². The quantitative estimate of drug-likeness (QED) is 0.760. The molecule has 94 valence electrons. The van der Waals surface area contributed by atoms with E-state index >= 15 is 0 Å². The van der Waals surface area contributed by atoms with Crippen LogP contribution in [0.1, 0.15) is 26.2 Å². The van der Waals surface area contributed by atoms with E-state index in [4.69, 9.17) is 0 Å². The second kappa shape index (κ2) is 5.56. The van der Waals surface area contributed by atoms with Gasteiger partial charge in [0.2, 0.25) is 5.91 Å². The van der Waals surface area contributed by atoms with Crippen molar-refractivity contribution in [1.82, 2.24) is 14.5 Å². The fraction of sp³-hybridized carbons (Fsp3) is 0.455. The molecule has 1 aromatic heterocycles. The first-order valence-electron chi connectivity index (χ1n) is 5.11. The molecule has 6 heteroatoms. The zero-order chi connectivity index (χ0) is 13.0. The molecular formula is C11H15F2N3O. The Morgan fingerprint density at radius 2 is 2.24 bits per heavy atom. The van der Waals surface area contributed by atoms with E-state index in [1.54, 1.807) is 20.9 Å². The summed E-state index contributed by atoms with van der Waals surface area (Å²) in [7, 11) is 1.55. The fourth-order valence-electron chi connectivity index (χ4n) is 1.29. The number of hydrogen-bond donors (Lipinski definition) is 0. The van der Waals surface area contributed by atoms with Crippen molar-refractivity contribution in [2.45, 2.75) is 26.9 Å². The Labute approximate surface area is 98.6 Å². The summed E-state index contributed by atoms with van der Waals surface area (Å²) in [6.07, 6.45) is 3.94. The highest BCUT2D eigenvalue weighted by Gasteiger charge is 2.14. The van der Waals surface area contributed by atoms with Crippen LogP contribution in [0.15, 0.2) is 24.0 Å². The Kier molecular flexibility index (Phi) is 4.37. The molecule has 0 unspecified atom stereocenters. The maximum Gasteiger partial charge on any atom is 0.319 e. The van der Waals surface area contributed by atoms with Gasteiger partial charge in [0.25, 0.3) is 0 Å². The number of alkyl halides is 2. The van der Waals surface area contributed by atoms with Gasteiger partial charge in [-0.15, -0.1) is 0 Å². The molecule has 0 fully saturated rings. The molecule has 0 spiro atoms. The van der Waals surface area contributed by atoms with E-state index in [-0.39, 0.29) is 18.3 Å². The summed E-state index contributed by atoms with van der Waals surface area (Å²) >= 11 is 0. The van der Waals surface area contributed by atoms with Crippen molar-refractivity contribution in [3.8, 4) is 0 Å². The number of likely N-dealkylation sites (N-methyl/N-ethyl adjacent to an activating group) is 1. The van der Waals surface area contributed by atoms with Gasteiger partial charge in [0, 0.05) is 25.5 Å². The van der Waals surface area contributed by atoms with Gasteiger partial charge >= 0.3 is 6.55 Å². The second-order valence-electron chi connectivity index (χ2n) is 3.94. The Hall–Kier alpha value is -1.72. The van der Waals surface area contributed by atoms with E-state index in [0.29, 0.717) is 0 Å². The SMILES string of the molecule is CC(C)=CC(=O)N(C)Cc1nccn1C(F)F. The van der Waals surface area contributed by atoms with Gasteiger partial charge < -0.3 is 4.90 Å². The van der Waals surface area contributed by atoms with E-state index < -0.39 is 6.55 Å². The van der Waals surface area contributed by atoms with Crippen LogP contribution in [0.2, 0.25) is 0 Å². The van der Waals surface area contributed by atoms with Crippen LogP contribution >= 0.6 is 0 Å². The van der Waals surface area contributed by atoms with Gasteiger partial charge in [-0.05, 0) is 13.8 Å². The summed E-state index contributed by atoms with van der Waals surface area (Å²) in [6, 6.07) is 0. The smallest absolute Gasteiger partial charge is 0.319 e. The number of hydrogen-bond acceptors (Lipinski definition) is 2. The number of carbonyl (C=O) groups is 1. The Bertz CT molecular complexity index is 422. The van der Waals surface area contributed by atoms with Crippen LogP contribution in [-0.4, -0.2) is 27.4 Å². The molecule has 0 bridgehead atoms. The van der Waals surface area contributed by atoms with Crippen LogP contribution in [0.5, 0.6) is 0 Å². The monoisotopic (exact) mass is 243 g/mol. The van der Waals surface area contributed by atoms with Crippen LogP contribution in [-0.2, 0) is 11.3 Å². The normalized spacial score (nSPS) is 10.5. The van der Waals surface area contributed by atoms with E-state index in [1.807, 2.05) is 0 Å². The molecule has 0 N–H and O–H groups in total. The topological polar surface area (TPSA) is 38.1 Å². The van der Waals surface area contributed by atoms with Crippen LogP contribution in [0.25, 0.3) is 0 Å². The van der Waals surface area contributed by atoms with Gasteiger partial charge in [0.1, 0.15) is 5.82 Å². The highest BCUT2D eigenvalue weighted by Crippen LogP contribution is 2.13.